The smallest absolute Gasteiger partial charge is 0.310 e. The third-order valence-electron chi connectivity index (χ3n) is 5.12. The number of amides is 1. The standard InChI is InChI=1S/C16H28N2O3/c1-12-6-3-4-7-13(12)17-14(19)10-18-9-5-8-16(2,11-18)15(20)21/h12-13H,3-11H2,1-2H3,(H,17,19)(H,20,21). The fourth-order valence-electron chi connectivity index (χ4n) is 3.64. The van der Waals surface area contributed by atoms with Crippen LogP contribution < -0.4 is 5.32 Å². The number of likely N-dealkylation sites (tertiary alicyclic amines) is 1. The van der Waals surface area contributed by atoms with E-state index >= 15 is 0 Å². The van der Waals surface area contributed by atoms with Gasteiger partial charge >= 0.3 is 5.97 Å². The van der Waals surface area contributed by atoms with Gasteiger partial charge in [0.2, 0.25) is 5.91 Å². The average molecular weight is 296 g/mol. The molecule has 0 bridgehead atoms. The minimum Gasteiger partial charge on any atom is -0.481 e. The van der Waals surface area contributed by atoms with Crippen molar-refractivity contribution < 1.29 is 14.7 Å². The summed E-state index contributed by atoms with van der Waals surface area (Å²) in [7, 11) is 0. The van der Waals surface area contributed by atoms with Crippen molar-refractivity contribution in [3.63, 3.8) is 0 Å². The molecule has 0 aromatic rings. The first kappa shape index (κ1) is 16.3. The highest BCUT2D eigenvalue weighted by Gasteiger charge is 2.38. The van der Waals surface area contributed by atoms with Crippen LogP contribution in [0.4, 0.5) is 0 Å². The molecule has 5 heteroatoms. The van der Waals surface area contributed by atoms with Crippen molar-refractivity contribution in [2.24, 2.45) is 11.3 Å². The van der Waals surface area contributed by atoms with E-state index in [-0.39, 0.29) is 5.91 Å². The maximum atomic E-state index is 12.2. The number of carboxylic acids is 1. The lowest BCUT2D eigenvalue weighted by atomic mass is 9.82. The number of aliphatic carboxylic acids is 1. The second-order valence-electron chi connectivity index (χ2n) is 7.12. The van der Waals surface area contributed by atoms with Gasteiger partial charge in [-0.05, 0) is 45.1 Å². The molecule has 1 saturated carbocycles. The van der Waals surface area contributed by atoms with Gasteiger partial charge < -0.3 is 10.4 Å². The van der Waals surface area contributed by atoms with Gasteiger partial charge in [0.15, 0.2) is 0 Å². The fourth-order valence-corrected chi connectivity index (χ4v) is 3.64. The molecular formula is C16H28N2O3. The quantitative estimate of drug-likeness (QED) is 0.831. The molecule has 2 rings (SSSR count). The second kappa shape index (κ2) is 6.77. The molecule has 3 unspecified atom stereocenters. The molecule has 0 aromatic heterocycles. The Kier molecular flexibility index (Phi) is 5.25. The molecule has 0 radical (unpaired) electrons. The van der Waals surface area contributed by atoms with E-state index in [4.69, 9.17) is 0 Å². The monoisotopic (exact) mass is 296 g/mol. The highest BCUT2D eigenvalue weighted by molar-refractivity contribution is 5.79. The third-order valence-corrected chi connectivity index (χ3v) is 5.12. The van der Waals surface area contributed by atoms with Crippen LogP contribution in [0.1, 0.15) is 52.4 Å². The number of piperidine rings is 1. The van der Waals surface area contributed by atoms with Gasteiger partial charge in [-0.15, -0.1) is 0 Å². The highest BCUT2D eigenvalue weighted by Crippen LogP contribution is 2.29. The number of rotatable bonds is 4. The van der Waals surface area contributed by atoms with E-state index < -0.39 is 11.4 Å². The molecule has 120 valence electrons. The molecule has 3 atom stereocenters. The van der Waals surface area contributed by atoms with Crippen molar-refractivity contribution in [2.75, 3.05) is 19.6 Å². The van der Waals surface area contributed by atoms with Crippen LogP contribution in [-0.2, 0) is 9.59 Å². The molecule has 2 aliphatic rings. The first-order chi connectivity index (χ1) is 9.90. The Morgan fingerprint density at radius 1 is 1.29 bits per heavy atom. The Labute approximate surface area is 127 Å². The predicted octanol–water partition coefficient (Wildman–Crippen LogP) is 1.87. The Morgan fingerprint density at radius 3 is 2.67 bits per heavy atom. The predicted molar refractivity (Wildman–Crippen MR) is 81.0 cm³/mol. The number of carbonyl (C=O) groups excluding carboxylic acids is 1. The van der Waals surface area contributed by atoms with Gasteiger partial charge in [-0.3, -0.25) is 14.5 Å². The zero-order valence-electron chi connectivity index (χ0n) is 13.2. The maximum Gasteiger partial charge on any atom is 0.310 e. The Bertz CT molecular complexity index is 399. The van der Waals surface area contributed by atoms with E-state index in [0.29, 0.717) is 31.5 Å². The summed E-state index contributed by atoms with van der Waals surface area (Å²) in [5, 5.41) is 12.5. The van der Waals surface area contributed by atoms with Crippen molar-refractivity contribution in [1.29, 1.82) is 0 Å². The van der Waals surface area contributed by atoms with E-state index in [1.807, 2.05) is 4.90 Å². The van der Waals surface area contributed by atoms with Crippen LogP contribution in [0.25, 0.3) is 0 Å². The molecule has 0 spiro atoms. The van der Waals surface area contributed by atoms with Crippen molar-refractivity contribution in [3.8, 4) is 0 Å². The van der Waals surface area contributed by atoms with E-state index in [1.54, 1.807) is 6.92 Å². The molecule has 1 aliphatic heterocycles. The first-order valence-corrected chi connectivity index (χ1v) is 8.16. The van der Waals surface area contributed by atoms with Gasteiger partial charge in [-0.1, -0.05) is 19.8 Å². The van der Waals surface area contributed by atoms with Gasteiger partial charge in [-0.25, -0.2) is 0 Å². The molecule has 0 aromatic carbocycles. The van der Waals surface area contributed by atoms with Gasteiger partial charge in [0.25, 0.3) is 0 Å². The Morgan fingerprint density at radius 2 is 2.00 bits per heavy atom. The summed E-state index contributed by atoms with van der Waals surface area (Å²) >= 11 is 0. The van der Waals surface area contributed by atoms with Gasteiger partial charge in [-0.2, -0.15) is 0 Å². The number of nitrogens with zero attached hydrogens (tertiary/aromatic N) is 1. The van der Waals surface area contributed by atoms with Crippen LogP contribution in [0.3, 0.4) is 0 Å². The van der Waals surface area contributed by atoms with Crippen molar-refractivity contribution in [3.05, 3.63) is 0 Å². The zero-order valence-corrected chi connectivity index (χ0v) is 13.2. The van der Waals surface area contributed by atoms with E-state index in [0.717, 1.165) is 19.4 Å². The van der Waals surface area contributed by atoms with E-state index in [9.17, 15) is 14.7 Å². The van der Waals surface area contributed by atoms with E-state index in [2.05, 4.69) is 12.2 Å². The first-order valence-electron chi connectivity index (χ1n) is 8.16. The molecule has 1 saturated heterocycles. The summed E-state index contributed by atoms with van der Waals surface area (Å²) in [6.07, 6.45) is 6.24. The zero-order chi connectivity index (χ0) is 15.5. The lowest BCUT2D eigenvalue weighted by Crippen LogP contribution is -2.51. The summed E-state index contributed by atoms with van der Waals surface area (Å²) in [5.41, 5.74) is -0.712. The second-order valence-corrected chi connectivity index (χ2v) is 7.12. The van der Waals surface area contributed by atoms with Gasteiger partial charge in [0.05, 0.1) is 12.0 Å². The fraction of sp³-hybridized carbons (Fsp3) is 0.875. The molecule has 2 N–H and O–H groups in total. The van der Waals surface area contributed by atoms with Gasteiger partial charge in [0, 0.05) is 12.6 Å². The molecule has 2 fully saturated rings. The summed E-state index contributed by atoms with van der Waals surface area (Å²) in [6, 6.07) is 0.293. The van der Waals surface area contributed by atoms with Crippen molar-refractivity contribution in [1.82, 2.24) is 10.2 Å². The Hall–Kier alpha value is -1.10. The summed E-state index contributed by atoms with van der Waals surface area (Å²) < 4.78 is 0. The number of carbonyl (C=O) groups is 2. The van der Waals surface area contributed by atoms with Crippen LogP contribution in [0.2, 0.25) is 0 Å². The molecule has 21 heavy (non-hydrogen) atoms. The average Bonchev–Trinajstić information content (AvgIpc) is 2.41. The largest absolute Gasteiger partial charge is 0.481 e. The minimum absolute atomic E-state index is 0.0448. The summed E-state index contributed by atoms with van der Waals surface area (Å²) in [6.45, 7) is 5.59. The minimum atomic E-state index is -0.756. The number of hydrogen-bond donors (Lipinski definition) is 2. The lowest BCUT2D eigenvalue weighted by Gasteiger charge is -2.37. The maximum absolute atomic E-state index is 12.2. The number of nitrogens with one attached hydrogen (secondary N) is 1. The third kappa shape index (κ3) is 4.19. The van der Waals surface area contributed by atoms with Crippen LogP contribution in [0.15, 0.2) is 0 Å². The lowest BCUT2D eigenvalue weighted by molar-refractivity contribution is -0.151. The van der Waals surface area contributed by atoms with Crippen LogP contribution >= 0.6 is 0 Å². The van der Waals surface area contributed by atoms with E-state index in [1.165, 1.54) is 19.3 Å². The summed E-state index contributed by atoms with van der Waals surface area (Å²) in [4.78, 5) is 25.5. The molecule has 1 aliphatic carbocycles. The SMILES string of the molecule is CC1CCCCC1NC(=O)CN1CCCC(C)(C(=O)O)C1. The molecular weight excluding hydrogens is 268 g/mol. The van der Waals surface area contributed by atoms with Crippen molar-refractivity contribution in [2.45, 2.75) is 58.4 Å². The molecule has 1 heterocycles. The summed E-state index contributed by atoms with van der Waals surface area (Å²) in [5.74, 6) is -0.162. The van der Waals surface area contributed by atoms with Crippen LogP contribution in [0, 0.1) is 11.3 Å². The molecule has 5 nitrogen and oxygen atoms in total. The van der Waals surface area contributed by atoms with Crippen LogP contribution in [0.5, 0.6) is 0 Å². The topological polar surface area (TPSA) is 69.6 Å². The highest BCUT2D eigenvalue weighted by atomic mass is 16.4. The van der Waals surface area contributed by atoms with Crippen molar-refractivity contribution >= 4 is 11.9 Å². The Balaban J connectivity index is 1.83. The number of carboxylic acid groups (broad SMARTS) is 1. The molecule has 1 amide bonds. The van der Waals surface area contributed by atoms with Gasteiger partial charge in [0.1, 0.15) is 0 Å². The normalized spacial score (nSPS) is 34.4. The van der Waals surface area contributed by atoms with Crippen LogP contribution in [-0.4, -0.2) is 47.6 Å². The number of hydrogen-bond acceptors (Lipinski definition) is 3.